The Morgan fingerprint density at radius 1 is 1.11 bits per heavy atom. The molecular formula is C15H16BrFN2. The third kappa shape index (κ3) is 3.14. The van der Waals surface area contributed by atoms with Crippen LogP contribution in [0.15, 0.2) is 46.9 Å². The molecule has 0 aliphatic heterocycles. The first-order valence-corrected chi connectivity index (χ1v) is 6.85. The SMILES string of the molecule is CNc1cccc(C(NC)c2cc(Br)ccc2F)c1. The van der Waals surface area contributed by atoms with Gasteiger partial charge in [-0.25, -0.2) is 4.39 Å². The number of halogens is 2. The lowest BCUT2D eigenvalue weighted by Gasteiger charge is -2.19. The molecule has 1 atom stereocenters. The zero-order chi connectivity index (χ0) is 13.8. The minimum absolute atomic E-state index is 0.175. The average molecular weight is 323 g/mol. The average Bonchev–Trinajstić information content (AvgIpc) is 2.44. The standard InChI is InChI=1S/C15H16BrFN2/c1-18-12-5-3-4-10(8-12)15(19-2)13-9-11(16)6-7-14(13)17/h3-9,15,18-19H,1-2H3. The predicted octanol–water partition coefficient (Wildman–Crippen LogP) is 3.94. The van der Waals surface area contributed by atoms with Crippen LogP contribution in [-0.2, 0) is 0 Å². The lowest BCUT2D eigenvalue weighted by atomic mass is 9.98. The van der Waals surface area contributed by atoms with Gasteiger partial charge >= 0.3 is 0 Å². The summed E-state index contributed by atoms with van der Waals surface area (Å²) >= 11 is 3.39. The molecule has 1 unspecified atom stereocenters. The summed E-state index contributed by atoms with van der Waals surface area (Å²) in [6.07, 6.45) is 0. The number of benzene rings is 2. The number of nitrogens with one attached hydrogen (secondary N) is 2. The van der Waals surface area contributed by atoms with Gasteiger partial charge in [0.15, 0.2) is 0 Å². The first-order valence-electron chi connectivity index (χ1n) is 6.05. The summed E-state index contributed by atoms with van der Waals surface area (Å²) in [7, 11) is 3.70. The van der Waals surface area contributed by atoms with Crippen LogP contribution in [0.4, 0.5) is 10.1 Å². The van der Waals surface area contributed by atoms with Crippen molar-refractivity contribution in [2.45, 2.75) is 6.04 Å². The Kier molecular flexibility index (Phi) is 4.56. The van der Waals surface area contributed by atoms with Gasteiger partial charge in [-0.1, -0.05) is 28.1 Å². The van der Waals surface area contributed by atoms with Gasteiger partial charge in [0, 0.05) is 22.8 Å². The topological polar surface area (TPSA) is 24.1 Å². The maximum atomic E-state index is 14.0. The molecule has 0 heterocycles. The normalized spacial score (nSPS) is 12.2. The van der Waals surface area contributed by atoms with Crippen LogP contribution in [0.1, 0.15) is 17.2 Å². The van der Waals surface area contributed by atoms with Gasteiger partial charge in [0.25, 0.3) is 0 Å². The Labute approximate surface area is 121 Å². The fraction of sp³-hybridized carbons (Fsp3) is 0.200. The van der Waals surface area contributed by atoms with E-state index in [0.717, 1.165) is 15.7 Å². The summed E-state index contributed by atoms with van der Waals surface area (Å²) in [4.78, 5) is 0. The van der Waals surface area contributed by atoms with E-state index < -0.39 is 0 Å². The summed E-state index contributed by atoms with van der Waals surface area (Å²) in [6, 6.07) is 12.8. The van der Waals surface area contributed by atoms with E-state index in [1.54, 1.807) is 6.07 Å². The van der Waals surface area contributed by atoms with Crippen molar-refractivity contribution in [1.29, 1.82) is 0 Å². The smallest absolute Gasteiger partial charge is 0.128 e. The molecule has 0 amide bonds. The fourth-order valence-corrected chi connectivity index (χ4v) is 2.49. The van der Waals surface area contributed by atoms with E-state index in [2.05, 4.69) is 26.6 Å². The zero-order valence-corrected chi connectivity index (χ0v) is 12.5. The minimum Gasteiger partial charge on any atom is -0.388 e. The van der Waals surface area contributed by atoms with E-state index in [1.807, 2.05) is 44.4 Å². The van der Waals surface area contributed by atoms with Crippen molar-refractivity contribution < 1.29 is 4.39 Å². The van der Waals surface area contributed by atoms with Crippen molar-refractivity contribution in [3.63, 3.8) is 0 Å². The Balaban J connectivity index is 2.46. The van der Waals surface area contributed by atoms with Gasteiger partial charge in [0.05, 0.1) is 6.04 Å². The molecule has 4 heteroatoms. The van der Waals surface area contributed by atoms with Crippen molar-refractivity contribution >= 4 is 21.6 Å². The molecular weight excluding hydrogens is 307 g/mol. The quantitative estimate of drug-likeness (QED) is 0.891. The van der Waals surface area contributed by atoms with Crippen LogP contribution >= 0.6 is 15.9 Å². The molecule has 100 valence electrons. The Hall–Kier alpha value is -1.39. The van der Waals surface area contributed by atoms with Crippen molar-refractivity contribution in [1.82, 2.24) is 5.32 Å². The maximum absolute atomic E-state index is 14.0. The van der Waals surface area contributed by atoms with Crippen LogP contribution < -0.4 is 10.6 Å². The van der Waals surface area contributed by atoms with Crippen LogP contribution in [0.3, 0.4) is 0 Å². The summed E-state index contributed by atoms with van der Waals surface area (Å²) in [5.41, 5.74) is 2.66. The molecule has 0 spiro atoms. The highest BCUT2D eigenvalue weighted by Gasteiger charge is 2.16. The molecule has 0 bridgehead atoms. The number of rotatable bonds is 4. The third-order valence-electron chi connectivity index (χ3n) is 3.07. The van der Waals surface area contributed by atoms with Gasteiger partial charge in [0.2, 0.25) is 0 Å². The van der Waals surface area contributed by atoms with Gasteiger partial charge < -0.3 is 10.6 Å². The van der Waals surface area contributed by atoms with Crippen molar-refractivity contribution in [2.24, 2.45) is 0 Å². The molecule has 0 saturated carbocycles. The molecule has 0 aliphatic carbocycles. The van der Waals surface area contributed by atoms with Crippen LogP contribution in [0.25, 0.3) is 0 Å². The minimum atomic E-state index is -0.211. The first-order chi connectivity index (χ1) is 9.15. The molecule has 0 aromatic heterocycles. The number of hydrogen-bond donors (Lipinski definition) is 2. The largest absolute Gasteiger partial charge is 0.388 e. The fourth-order valence-electron chi connectivity index (χ4n) is 2.11. The molecule has 19 heavy (non-hydrogen) atoms. The molecule has 2 aromatic rings. The lowest BCUT2D eigenvalue weighted by Crippen LogP contribution is -2.19. The van der Waals surface area contributed by atoms with E-state index in [9.17, 15) is 4.39 Å². The highest BCUT2D eigenvalue weighted by molar-refractivity contribution is 9.10. The zero-order valence-electron chi connectivity index (χ0n) is 10.9. The molecule has 0 radical (unpaired) electrons. The molecule has 0 aliphatic rings. The number of hydrogen-bond acceptors (Lipinski definition) is 2. The summed E-state index contributed by atoms with van der Waals surface area (Å²) in [5, 5.41) is 6.26. The molecule has 2 rings (SSSR count). The predicted molar refractivity (Wildman–Crippen MR) is 81.0 cm³/mol. The Bertz CT molecular complexity index is 572. The maximum Gasteiger partial charge on any atom is 0.128 e. The van der Waals surface area contributed by atoms with Crippen LogP contribution in [0, 0.1) is 5.82 Å². The number of anilines is 1. The lowest BCUT2D eigenvalue weighted by molar-refractivity contribution is 0.576. The second kappa shape index (κ2) is 6.17. The van der Waals surface area contributed by atoms with Gasteiger partial charge in [-0.3, -0.25) is 0 Å². The third-order valence-corrected chi connectivity index (χ3v) is 3.56. The van der Waals surface area contributed by atoms with E-state index in [4.69, 9.17) is 0 Å². The Morgan fingerprint density at radius 3 is 2.58 bits per heavy atom. The molecule has 2 aromatic carbocycles. The van der Waals surface area contributed by atoms with Crippen molar-refractivity contribution in [2.75, 3.05) is 19.4 Å². The summed E-state index contributed by atoms with van der Waals surface area (Å²) in [6.45, 7) is 0. The van der Waals surface area contributed by atoms with Crippen molar-refractivity contribution in [3.05, 3.63) is 63.9 Å². The molecule has 0 fully saturated rings. The van der Waals surface area contributed by atoms with Crippen LogP contribution in [-0.4, -0.2) is 14.1 Å². The van der Waals surface area contributed by atoms with Gasteiger partial charge in [-0.2, -0.15) is 0 Å². The van der Waals surface area contributed by atoms with Gasteiger partial charge in [0.1, 0.15) is 5.82 Å². The van der Waals surface area contributed by atoms with E-state index in [-0.39, 0.29) is 11.9 Å². The highest BCUT2D eigenvalue weighted by atomic mass is 79.9. The van der Waals surface area contributed by atoms with Gasteiger partial charge in [-0.05, 0) is 42.9 Å². The van der Waals surface area contributed by atoms with E-state index >= 15 is 0 Å². The van der Waals surface area contributed by atoms with Crippen LogP contribution in [0.5, 0.6) is 0 Å². The molecule has 2 nitrogen and oxygen atoms in total. The molecule has 2 N–H and O–H groups in total. The first kappa shape index (κ1) is 14.0. The van der Waals surface area contributed by atoms with Crippen LogP contribution in [0.2, 0.25) is 0 Å². The summed E-state index contributed by atoms with van der Waals surface area (Å²) < 4.78 is 14.9. The second-order valence-corrected chi connectivity index (χ2v) is 5.18. The highest BCUT2D eigenvalue weighted by Crippen LogP contribution is 2.28. The van der Waals surface area contributed by atoms with E-state index in [0.29, 0.717) is 5.56 Å². The Morgan fingerprint density at radius 2 is 1.89 bits per heavy atom. The molecule has 0 saturated heterocycles. The second-order valence-electron chi connectivity index (χ2n) is 4.26. The van der Waals surface area contributed by atoms with Gasteiger partial charge in [-0.15, -0.1) is 0 Å². The monoisotopic (exact) mass is 322 g/mol. The van der Waals surface area contributed by atoms with E-state index in [1.165, 1.54) is 6.07 Å². The summed E-state index contributed by atoms with van der Waals surface area (Å²) in [5.74, 6) is -0.211. The van der Waals surface area contributed by atoms with Crippen molar-refractivity contribution in [3.8, 4) is 0 Å².